The Balaban J connectivity index is 2.21. The zero-order valence-corrected chi connectivity index (χ0v) is 6.68. The maximum Gasteiger partial charge on any atom is 0.141 e. The maximum atomic E-state index is 3.74. The highest BCUT2D eigenvalue weighted by Gasteiger charge is 2.14. The van der Waals surface area contributed by atoms with Crippen LogP contribution in [0.25, 0.3) is 0 Å². The fourth-order valence-corrected chi connectivity index (χ4v) is 1.50. The minimum atomic E-state index is 1.08. The largest absolute Gasteiger partial charge is 0.166 e. The Hall–Kier alpha value is -0.300. The van der Waals surface area contributed by atoms with Crippen molar-refractivity contribution in [1.29, 1.82) is 0 Å². The summed E-state index contributed by atoms with van der Waals surface area (Å²) < 4.78 is 0. The molecule has 0 saturated carbocycles. The molecule has 0 aromatic rings. The molecule has 1 heteroatoms. The molecule has 0 aliphatic carbocycles. The first kappa shape index (κ1) is 7.80. The van der Waals surface area contributed by atoms with Gasteiger partial charge < -0.3 is 0 Å². The van der Waals surface area contributed by atoms with Gasteiger partial charge in [-0.25, -0.2) is 0 Å². The molecule has 1 fully saturated rings. The number of hydrogen-bond donors (Lipinski definition) is 0. The Bertz CT molecular complexity index is 90.9. The van der Waals surface area contributed by atoms with Crippen LogP contribution in [-0.4, -0.2) is 19.6 Å². The second-order valence-electron chi connectivity index (χ2n) is 3.00. The summed E-state index contributed by atoms with van der Waals surface area (Å²) in [6.45, 7) is 7.39. The SMILES string of the molecule is C=CC[N+]1CCCCCC1. The molecule has 0 atom stereocenters. The van der Waals surface area contributed by atoms with Crippen molar-refractivity contribution >= 4 is 0 Å². The van der Waals surface area contributed by atoms with Crippen LogP contribution in [0.15, 0.2) is 12.7 Å². The van der Waals surface area contributed by atoms with E-state index < -0.39 is 0 Å². The van der Waals surface area contributed by atoms with Gasteiger partial charge in [-0.1, -0.05) is 6.58 Å². The van der Waals surface area contributed by atoms with E-state index in [0.29, 0.717) is 0 Å². The van der Waals surface area contributed by atoms with Crippen molar-refractivity contribution in [1.82, 2.24) is 4.90 Å². The van der Waals surface area contributed by atoms with E-state index in [1.165, 1.54) is 38.8 Å². The van der Waals surface area contributed by atoms with Crippen molar-refractivity contribution in [3.63, 3.8) is 0 Å². The first-order valence-electron chi connectivity index (χ1n) is 4.27. The topological polar surface area (TPSA) is 5.90 Å². The van der Waals surface area contributed by atoms with Crippen LogP contribution in [0.2, 0.25) is 0 Å². The third kappa shape index (κ3) is 2.53. The first-order chi connectivity index (χ1) is 4.93. The van der Waals surface area contributed by atoms with Crippen LogP contribution in [0.5, 0.6) is 0 Å². The Kier molecular flexibility index (Phi) is 3.52. The molecular weight excluding hydrogens is 122 g/mol. The summed E-state index contributed by atoms with van der Waals surface area (Å²) >= 11 is 0. The molecule has 1 radical (unpaired) electrons. The normalized spacial score (nSPS) is 22.0. The second-order valence-corrected chi connectivity index (χ2v) is 3.00. The molecule has 1 aliphatic rings. The van der Waals surface area contributed by atoms with E-state index in [-0.39, 0.29) is 0 Å². The van der Waals surface area contributed by atoms with E-state index in [4.69, 9.17) is 0 Å². The molecule has 0 unspecified atom stereocenters. The van der Waals surface area contributed by atoms with Crippen LogP contribution in [0.3, 0.4) is 0 Å². The molecule has 1 aliphatic heterocycles. The lowest BCUT2D eigenvalue weighted by molar-refractivity contribution is 0.457. The predicted octanol–water partition coefficient (Wildman–Crippen LogP) is 1.89. The Labute approximate surface area is 63.7 Å². The summed E-state index contributed by atoms with van der Waals surface area (Å²) in [7, 11) is 0. The fraction of sp³-hybridized carbons (Fsp3) is 0.778. The van der Waals surface area contributed by atoms with Gasteiger partial charge in [0.25, 0.3) is 0 Å². The van der Waals surface area contributed by atoms with Crippen molar-refractivity contribution in [3.8, 4) is 0 Å². The average molecular weight is 139 g/mol. The van der Waals surface area contributed by atoms with E-state index in [0.717, 1.165) is 6.54 Å². The summed E-state index contributed by atoms with van der Waals surface area (Å²) in [6, 6.07) is 0. The second kappa shape index (κ2) is 4.51. The number of hydrogen-bond acceptors (Lipinski definition) is 1. The van der Waals surface area contributed by atoms with Crippen LogP contribution in [0, 0.1) is 0 Å². The minimum Gasteiger partial charge on any atom is -0.166 e. The zero-order chi connectivity index (χ0) is 7.23. The molecule has 1 nitrogen and oxygen atoms in total. The van der Waals surface area contributed by atoms with Crippen molar-refractivity contribution in [3.05, 3.63) is 12.7 Å². The summed E-state index contributed by atoms with van der Waals surface area (Å²) in [6.07, 6.45) is 7.62. The van der Waals surface area contributed by atoms with Crippen LogP contribution >= 0.6 is 0 Å². The fourth-order valence-electron chi connectivity index (χ4n) is 1.50. The molecule has 57 valence electrons. The van der Waals surface area contributed by atoms with Gasteiger partial charge >= 0.3 is 0 Å². The highest BCUT2D eigenvalue weighted by Crippen LogP contribution is 2.06. The van der Waals surface area contributed by atoms with E-state index in [1.807, 2.05) is 6.08 Å². The maximum absolute atomic E-state index is 3.74. The quantitative estimate of drug-likeness (QED) is 0.407. The standard InChI is InChI=1S/C9H17N/c1-2-7-10-8-5-3-4-6-9-10/h2H,1,3-9H2/q+1. The zero-order valence-electron chi connectivity index (χ0n) is 6.68. The lowest BCUT2D eigenvalue weighted by Crippen LogP contribution is -2.30. The van der Waals surface area contributed by atoms with Gasteiger partial charge in [-0.3, -0.25) is 0 Å². The van der Waals surface area contributed by atoms with Gasteiger partial charge in [0.2, 0.25) is 0 Å². The van der Waals surface area contributed by atoms with E-state index >= 15 is 0 Å². The van der Waals surface area contributed by atoms with Gasteiger partial charge in [0.15, 0.2) is 0 Å². The average Bonchev–Trinajstić information content (AvgIpc) is 2.17. The molecular formula is C9H17N+. The molecule has 0 spiro atoms. The highest BCUT2D eigenvalue weighted by atomic mass is 15.1. The molecule has 0 aromatic carbocycles. The van der Waals surface area contributed by atoms with Gasteiger partial charge in [-0.15, -0.1) is 0 Å². The van der Waals surface area contributed by atoms with Crippen molar-refractivity contribution < 1.29 is 0 Å². The minimum absolute atomic E-state index is 1.08. The Morgan fingerprint density at radius 3 is 2.20 bits per heavy atom. The summed E-state index contributed by atoms with van der Waals surface area (Å²) in [5.41, 5.74) is 0. The predicted molar refractivity (Wildman–Crippen MR) is 45.4 cm³/mol. The molecule has 0 amide bonds. The molecule has 0 aromatic heterocycles. The van der Waals surface area contributed by atoms with Gasteiger partial charge in [0.1, 0.15) is 19.6 Å². The monoisotopic (exact) mass is 139 g/mol. The molecule has 0 bridgehead atoms. The Morgan fingerprint density at radius 2 is 1.70 bits per heavy atom. The van der Waals surface area contributed by atoms with Crippen LogP contribution in [0.4, 0.5) is 0 Å². The lowest BCUT2D eigenvalue weighted by atomic mass is 10.2. The molecule has 1 heterocycles. The smallest absolute Gasteiger partial charge is 0.141 e. The highest BCUT2D eigenvalue weighted by molar-refractivity contribution is 4.78. The molecule has 1 saturated heterocycles. The van der Waals surface area contributed by atoms with E-state index in [2.05, 4.69) is 11.5 Å². The Morgan fingerprint density at radius 1 is 1.10 bits per heavy atom. The van der Waals surface area contributed by atoms with Crippen molar-refractivity contribution in [2.75, 3.05) is 19.6 Å². The number of nitrogens with zero attached hydrogens (tertiary/aromatic N) is 1. The summed E-state index contributed by atoms with van der Waals surface area (Å²) in [5, 5.41) is 0. The third-order valence-corrected chi connectivity index (χ3v) is 2.09. The van der Waals surface area contributed by atoms with Crippen LogP contribution in [0.1, 0.15) is 25.7 Å². The number of rotatable bonds is 2. The number of likely N-dealkylation sites (tertiary alicyclic amines) is 1. The van der Waals surface area contributed by atoms with Crippen molar-refractivity contribution in [2.45, 2.75) is 25.7 Å². The molecule has 1 rings (SSSR count). The first-order valence-corrected chi connectivity index (χ1v) is 4.27. The van der Waals surface area contributed by atoms with Crippen molar-refractivity contribution in [2.24, 2.45) is 0 Å². The summed E-state index contributed by atoms with van der Waals surface area (Å²) in [4.78, 5) is 2.49. The van der Waals surface area contributed by atoms with Gasteiger partial charge in [0.05, 0.1) is 0 Å². The van der Waals surface area contributed by atoms with Crippen LogP contribution < -0.4 is 4.90 Å². The molecule has 10 heavy (non-hydrogen) atoms. The molecule has 0 N–H and O–H groups in total. The van der Waals surface area contributed by atoms with Crippen LogP contribution in [-0.2, 0) is 0 Å². The van der Waals surface area contributed by atoms with Gasteiger partial charge in [0, 0.05) is 12.8 Å². The van der Waals surface area contributed by atoms with Gasteiger partial charge in [-0.05, 0) is 18.9 Å². The van der Waals surface area contributed by atoms with Gasteiger partial charge in [-0.2, -0.15) is 4.90 Å². The van der Waals surface area contributed by atoms with E-state index in [1.54, 1.807) is 0 Å². The van der Waals surface area contributed by atoms with E-state index in [9.17, 15) is 0 Å². The summed E-state index contributed by atoms with van der Waals surface area (Å²) in [5.74, 6) is 0. The third-order valence-electron chi connectivity index (χ3n) is 2.09. The lowest BCUT2D eigenvalue weighted by Gasteiger charge is -2.05.